The summed E-state index contributed by atoms with van der Waals surface area (Å²) in [6.07, 6.45) is -0.359. The van der Waals surface area contributed by atoms with Gasteiger partial charge in [-0.2, -0.15) is 0 Å². The first kappa shape index (κ1) is 9.90. The summed E-state index contributed by atoms with van der Waals surface area (Å²) >= 11 is 0. The minimum Gasteiger partial charge on any atom is -0.409 e. The molecule has 0 saturated heterocycles. The Balaban J connectivity index is 2.33. The highest BCUT2D eigenvalue weighted by atomic mass is 16.6. The Morgan fingerprint density at radius 1 is 0.941 bits per heavy atom. The Morgan fingerprint density at radius 3 is 2.41 bits per heavy atom. The van der Waals surface area contributed by atoms with Gasteiger partial charge in [-0.3, -0.25) is 4.90 Å². The largest absolute Gasteiger partial charge is 0.419 e. The zero-order valence-electron chi connectivity index (χ0n) is 9.38. The minimum atomic E-state index is -0.359. The maximum absolute atomic E-state index is 11.8. The van der Waals surface area contributed by atoms with Gasteiger partial charge in [-0.1, -0.05) is 36.4 Å². The molecular formula is C14H11NO2. The van der Waals surface area contributed by atoms with E-state index in [2.05, 4.69) is 0 Å². The van der Waals surface area contributed by atoms with E-state index in [0.29, 0.717) is 5.75 Å². The maximum atomic E-state index is 11.8. The van der Waals surface area contributed by atoms with Crippen LogP contribution in [0.1, 0.15) is 0 Å². The standard InChI is InChI=1S/C14H11NO2/c1-15-12-8-4-2-6-10(12)11-7-3-5-9-13(11)17-14(15)16/h2-9H,1H3. The summed E-state index contributed by atoms with van der Waals surface area (Å²) in [6, 6.07) is 15.3. The number of rotatable bonds is 0. The third-order valence-corrected chi connectivity index (χ3v) is 2.91. The molecule has 0 N–H and O–H groups in total. The molecule has 0 bridgehead atoms. The molecule has 2 aromatic rings. The Bertz CT molecular complexity index is 592. The fourth-order valence-corrected chi connectivity index (χ4v) is 2.03. The summed E-state index contributed by atoms with van der Waals surface area (Å²) in [4.78, 5) is 13.4. The van der Waals surface area contributed by atoms with Crippen molar-refractivity contribution in [1.82, 2.24) is 0 Å². The van der Waals surface area contributed by atoms with E-state index in [1.807, 2.05) is 48.5 Å². The summed E-state index contributed by atoms with van der Waals surface area (Å²) in [6.45, 7) is 0. The van der Waals surface area contributed by atoms with Crippen molar-refractivity contribution in [2.24, 2.45) is 0 Å². The lowest BCUT2D eigenvalue weighted by atomic mass is 10.0. The molecule has 3 rings (SSSR count). The topological polar surface area (TPSA) is 29.5 Å². The van der Waals surface area contributed by atoms with E-state index in [4.69, 9.17) is 4.74 Å². The zero-order chi connectivity index (χ0) is 11.8. The van der Waals surface area contributed by atoms with Gasteiger partial charge in [0.15, 0.2) is 0 Å². The maximum Gasteiger partial charge on any atom is 0.419 e. The first-order valence-corrected chi connectivity index (χ1v) is 5.41. The number of ether oxygens (including phenoxy) is 1. The highest BCUT2D eigenvalue weighted by Gasteiger charge is 2.23. The summed E-state index contributed by atoms with van der Waals surface area (Å²) in [5.41, 5.74) is 2.82. The minimum absolute atomic E-state index is 0.359. The summed E-state index contributed by atoms with van der Waals surface area (Å²) in [5, 5.41) is 0. The monoisotopic (exact) mass is 225 g/mol. The van der Waals surface area contributed by atoms with Crippen LogP contribution in [0.2, 0.25) is 0 Å². The van der Waals surface area contributed by atoms with Crippen LogP contribution in [0.15, 0.2) is 48.5 Å². The summed E-state index contributed by atoms with van der Waals surface area (Å²) in [7, 11) is 1.72. The molecule has 1 aliphatic rings. The number of nitrogens with zero attached hydrogens (tertiary/aromatic N) is 1. The normalized spacial score (nSPS) is 13.5. The number of hydrogen-bond acceptors (Lipinski definition) is 2. The number of carbonyl (C=O) groups is 1. The lowest BCUT2D eigenvalue weighted by Crippen LogP contribution is -2.28. The predicted octanol–water partition coefficient (Wildman–Crippen LogP) is 3.30. The van der Waals surface area contributed by atoms with Crippen molar-refractivity contribution in [2.75, 3.05) is 11.9 Å². The number of fused-ring (bicyclic) bond motifs is 3. The van der Waals surface area contributed by atoms with Crippen molar-refractivity contribution in [2.45, 2.75) is 0 Å². The molecule has 84 valence electrons. The summed E-state index contributed by atoms with van der Waals surface area (Å²) in [5.74, 6) is 0.606. The van der Waals surface area contributed by atoms with Crippen LogP contribution in [-0.4, -0.2) is 13.1 Å². The molecule has 0 radical (unpaired) electrons. The SMILES string of the molecule is CN1C(=O)Oc2ccccc2-c2ccccc21. The van der Waals surface area contributed by atoms with Crippen LogP contribution in [0.4, 0.5) is 10.5 Å². The van der Waals surface area contributed by atoms with Crippen molar-refractivity contribution in [3.63, 3.8) is 0 Å². The van der Waals surface area contributed by atoms with Gasteiger partial charge in [-0.15, -0.1) is 0 Å². The van der Waals surface area contributed by atoms with Crippen LogP contribution in [0.25, 0.3) is 11.1 Å². The van der Waals surface area contributed by atoms with Gasteiger partial charge in [0, 0.05) is 18.2 Å². The molecule has 0 atom stereocenters. The van der Waals surface area contributed by atoms with Crippen molar-refractivity contribution in [3.8, 4) is 16.9 Å². The van der Waals surface area contributed by atoms with Gasteiger partial charge in [0.2, 0.25) is 0 Å². The van der Waals surface area contributed by atoms with Crippen LogP contribution in [0.5, 0.6) is 5.75 Å². The van der Waals surface area contributed by atoms with E-state index in [9.17, 15) is 4.79 Å². The predicted molar refractivity (Wildman–Crippen MR) is 66.3 cm³/mol. The van der Waals surface area contributed by atoms with E-state index in [1.165, 1.54) is 4.90 Å². The fraction of sp³-hybridized carbons (Fsp3) is 0.0714. The molecule has 3 nitrogen and oxygen atoms in total. The number of benzene rings is 2. The number of anilines is 1. The second-order valence-electron chi connectivity index (χ2n) is 3.94. The molecule has 17 heavy (non-hydrogen) atoms. The smallest absolute Gasteiger partial charge is 0.409 e. The summed E-state index contributed by atoms with van der Waals surface area (Å²) < 4.78 is 5.34. The molecule has 1 heterocycles. The van der Waals surface area contributed by atoms with Crippen LogP contribution in [0.3, 0.4) is 0 Å². The van der Waals surface area contributed by atoms with Gasteiger partial charge in [-0.05, 0) is 12.1 Å². The van der Waals surface area contributed by atoms with Crippen molar-refractivity contribution in [1.29, 1.82) is 0 Å². The Morgan fingerprint density at radius 2 is 1.59 bits per heavy atom. The molecule has 1 amide bonds. The first-order chi connectivity index (χ1) is 8.27. The van der Waals surface area contributed by atoms with Crippen LogP contribution < -0.4 is 9.64 Å². The number of carbonyl (C=O) groups excluding carboxylic acids is 1. The molecule has 0 fully saturated rings. The van der Waals surface area contributed by atoms with E-state index < -0.39 is 0 Å². The molecule has 0 spiro atoms. The molecule has 0 aromatic heterocycles. The quantitative estimate of drug-likeness (QED) is 0.688. The lowest BCUT2D eigenvalue weighted by Gasteiger charge is -2.15. The Kier molecular flexibility index (Phi) is 2.11. The van der Waals surface area contributed by atoms with Gasteiger partial charge in [0.05, 0.1) is 5.69 Å². The van der Waals surface area contributed by atoms with Gasteiger partial charge >= 0.3 is 6.09 Å². The highest BCUT2D eigenvalue weighted by Crippen LogP contribution is 2.39. The average Bonchev–Trinajstić information content (AvgIpc) is 2.48. The number of para-hydroxylation sites is 2. The third kappa shape index (κ3) is 1.47. The molecule has 1 aliphatic heterocycles. The molecule has 0 aliphatic carbocycles. The van der Waals surface area contributed by atoms with Crippen molar-refractivity contribution < 1.29 is 9.53 Å². The highest BCUT2D eigenvalue weighted by molar-refractivity contribution is 5.98. The van der Waals surface area contributed by atoms with Crippen LogP contribution in [0, 0.1) is 0 Å². The molecule has 3 heteroatoms. The molecule has 2 aromatic carbocycles. The van der Waals surface area contributed by atoms with E-state index in [1.54, 1.807) is 7.05 Å². The van der Waals surface area contributed by atoms with Gasteiger partial charge in [-0.25, -0.2) is 4.79 Å². The van der Waals surface area contributed by atoms with Gasteiger partial charge in [0.1, 0.15) is 5.75 Å². The molecule has 0 saturated carbocycles. The van der Waals surface area contributed by atoms with Crippen molar-refractivity contribution >= 4 is 11.8 Å². The Hall–Kier alpha value is -2.29. The average molecular weight is 225 g/mol. The first-order valence-electron chi connectivity index (χ1n) is 5.41. The fourth-order valence-electron chi connectivity index (χ4n) is 2.03. The number of amides is 1. The Labute approximate surface area is 99.2 Å². The third-order valence-electron chi connectivity index (χ3n) is 2.91. The van der Waals surface area contributed by atoms with Gasteiger partial charge in [0.25, 0.3) is 0 Å². The van der Waals surface area contributed by atoms with E-state index in [0.717, 1.165) is 16.8 Å². The second kappa shape index (κ2) is 3.63. The second-order valence-corrected chi connectivity index (χ2v) is 3.94. The van der Waals surface area contributed by atoms with Crippen LogP contribution >= 0.6 is 0 Å². The van der Waals surface area contributed by atoms with Crippen molar-refractivity contribution in [3.05, 3.63) is 48.5 Å². The van der Waals surface area contributed by atoms with E-state index in [-0.39, 0.29) is 6.09 Å². The molecule has 0 unspecified atom stereocenters. The van der Waals surface area contributed by atoms with Gasteiger partial charge < -0.3 is 4.74 Å². The van der Waals surface area contributed by atoms with Crippen LogP contribution in [-0.2, 0) is 0 Å². The zero-order valence-corrected chi connectivity index (χ0v) is 9.38. The van der Waals surface area contributed by atoms with E-state index >= 15 is 0 Å². The number of hydrogen-bond donors (Lipinski definition) is 0. The molecular weight excluding hydrogens is 214 g/mol. The lowest BCUT2D eigenvalue weighted by molar-refractivity contribution is 0.209.